The van der Waals surface area contributed by atoms with Crippen LogP contribution >= 0.6 is 0 Å². The summed E-state index contributed by atoms with van der Waals surface area (Å²) in [6.45, 7) is 5.33. The number of nitrogens with zero attached hydrogens (tertiary/aromatic N) is 5. The van der Waals surface area contributed by atoms with Gasteiger partial charge in [-0.1, -0.05) is 20.4 Å². The molecule has 1 aromatic carbocycles. The quantitative estimate of drug-likeness (QED) is 0.416. The van der Waals surface area contributed by atoms with Gasteiger partial charge in [-0.25, -0.2) is 13.9 Å². The number of carboxylic acids is 1. The molecule has 1 aliphatic carbocycles. The number of rotatable bonds is 5. The molecule has 1 fully saturated rings. The third-order valence-electron chi connectivity index (χ3n) is 7.49. The number of halogens is 1. The van der Waals surface area contributed by atoms with Crippen LogP contribution in [0.15, 0.2) is 48.7 Å². The Morgan fingerprint density at radius 1 is 1.16 bits per heavy atom. The molecule has 4 aromatic rings. The standard InChI is InChI=1S/C27H26FN5O3.CH4/c1-3-17-12-23(26(34)32-10-9-31-8-4-5-24(31)15(32)2)29-25-14-22(30-33(17)25)18-7-6-16(11-21(18)28)19-13-20(19)27(35)36;/h4-8,11-12,14-15,19-20H,3,9-10,13H2,1-2H3,(H,35,36);1H4/t15-,19-,20+;/m1./s1. The number of hydrogen-bond donors (Lipinski definition) is 1. The van der Waals surface area contributed by atoms with E-state index in [0.29, 0.717) is 47.5 Å². The lowest BCUT2D eigenvalue weighted by Crippen LogP contribution is -2.41. The maximum atomic E-state index is 15.1. The summed E-state index contributed by atoms with van der Waals surface area (Å²) in [7, 11) is 0. The Labute approximate surface area is 214 Å². The minimum absolute atomic E-state index is 0. The molecule has 37 heavy (non-hydrogen) atoms. The smallest absolute Gasteiger partial charge is 0.307 e. The molecule has 6 rings (SSSR count). The Balaban J connectivity index is 0.00000280. The number of aliphatic carboxylic acids is 1. The largest absolute Gasteiger partial charge is 0.481 e. The van der Waals surface area contributed by atoms with E-state index in [1.165, 1.54) is 6.07 Å². The van der Waals surface area contributed by atoms with Gasteiger partial charge in [0.15, 0.2) is 5.65 Å². The first kappa shape index (κ1) is 24.7. The molecule has 192 valence electrons. The number of carboxylic acid groups (broad SMARTS) is 1. The summed E-state index contributed by atoms with van der Waals surface area (Å²) in [5, 5.41) is 13.8. The van der Waals surface area contributed by atoms with Crippen LogP contribution in [0.4, 0.5) is 4.39 Å². The predicted molar refractivity (Wildman–Crippen MR) is 137 cm³/mol. The van der Waals surface area contributed by atoms with Crippen LogP contribution in [0.25, 0.3) is 16.9 Å². The van der Waals surface area contributed by atoms with Crippen molar-refractivity contribution < 1.29 is 19.1 Å². The zero-order chi connectivity index (χ0) is 25.1. The molecule has 4 heterocycles. The Morgan fingerprint density at radius 3 is 2.68 bits per heavy atom. The van der Waals surface area contributed by atoms with Crippen LogP contribution in [0.5, 0.6) is 0 Å². The highest BCUT2D eigenvalue weighted by atomic mass is 19.1. The third-order valence-corrected chi connectivity index (χ3v) is 7.49. The minimum atomic E-state index is -0.846. The van der Waals surface area contributed by atoms with Gasteiger partial charge in [-0.3, -0.25) is 9.59 Å². The molecule has 0 radical (unpaired) electrons. The summed E-state index contributed by atoms with van der Waals surface area (Å²) in [6.07, 6.45) is 3.19. The van der Waals surface area contributed by atoms with Gasteiger partial charge >= 0.3 is 5.97 Å². The lowest BCUT2D eigenvalue weighted by molar-refractivity contribution is -0.138. The van der Waals surface area contributed by atoms with Gasteiger partial charge in [0.05, 0.1) is 17.7 Å². The monoisotopic (exact) mass is 503 g/mol. The lowest BCUT2D eigenvalue weighted by atomic mass is 10.0. The number of benzene rings is 1. The number of aromatic nitrogens is 4. The van der Waals surface area contributed by atoms with Crippen LogP contribution in [0.2, 0.25) is 0 Å². The number of aryl methyl sites for hydroxylation is 1. The van der Waals surface area contributed by atoms with Gasteiger partial charge in [-0.15, -0.1) is 0 Å². The number of carbonyl (C=O) groups excluding carboxylic acids is 1. The molecule has 8 nitrogen and oxygen atoms in total. The maximum Gasteiger partial charge on any atom is 0.307 e. The highest BCUT2D eigenvalue weighted by Gasteiger charge is 2.44. The van der Waals surface area contributed by atoms with E-state index in [4.69, 9.17) is 5.11 Å². The Morgan fingerprint density at radius 2 is 1.97 bits per heavy atom. The Kier molecular flexibility index (Phi) is 6.09. The average molecular weight is 504 g/mol. The highest BCUT2D eigenvalue weighted by molar-refractivity contribution is 5.93. The van der Waals surface area contributed by atoms with Gasteiger partial charge in [0.2, 0.25) is 0 Å². The first-order valence-corrected chi connectivity index (χ1v) is 12.2. The number of amides is 1. The molecule has 0 spiro atoms. The van der Waals surface area contributed by atoms with E-state index >= 15 is 4.39 Å². The molecule has 3 atom stereocenters. The van der Waals surface area contributed by atoms with Gasteiger partial charge in [0, 0.05) is 42.3 Å². The summed E-state index contributed by atoms with van der Waals surface area (Å²) in [5.41, 5.74) is 4.16. The fraction of sp³-hybridized carbons (Fsp3) is 0.357. The fourth-order valence-corrected chi connectivity index (χ4v) is 5.34. The highest BCUT2D eigenvalue weighted by Crippen LogP contribution is 2.48. The van der Waals surface area contributed by atoms with E-state index in [0.717, 1.165) is 17.9 Å². The number of fused-ring (bicyclic) bond motifs is 2. The second kappa shape index (κ2) is 9.14. The van der Waals surface area contributed by atoms with Crippen molar-refractivity contribution in [2.24, 2.45) is 5.92 Å². The fourth-order valence-electron chi connectivity index (χ4n) is 5.34. The van der Waals surface area contributed by atoms with E-state index in [1.54, 1.807) is 28.8 Å². The van der Waals surface area contributed by atoms with Crippen molar-refractivity contribution in [3.63, 3.8) is 0 Å². The molecule has 1 amide bonds. The summed E-state index contributed by atoms with van der Waals surface area (Å²) in [5.74, 6) is -2.02. The first-order valence-electron chi connectivity index (χ1n) is 12.2. The van der Waals surface area contributed by atoms with Crippen molar-refractivity contribution in [1.82, 2.24) is 24.1 Å². The van der Waals surface area contributed by atoms with Crippen molar-refractivity contribution in [1.29, 1.82) is 0 Å². The summed E-state index contributed by atoms with van der Waals surface area (Å²) in [4.78, 5) is 31.1. The van der Waals surface area contributed by atoms with Gasteiger partial charge in [0.1, 0.15) is 11.5 Å². The molecule has 3 aromatic heterocycles. The van der Waals surface area contributed by atoms with Crippen LogP contribution < -0.4 is 0 Å². The van der Waals surface area contributed by atoms with Crippen LogP contribution in [0.3, 0.4) is 0 Å². The van der Waals surface area contributed by atoms with Gasteiger partial charge in [-0.05, 0) is 61.6 Å². The minimum Gasteiger partial charge on any atom is -0.481 e. The second-order valence-electron chi connectivity index (χ2n) is 9.61. The van der Waals surface area contributed by atoms with Crippen molar-refractivity contribution in [3.8, 4) is 11.3 Å². The molecule has 0 bridgehead atoms. The topological polar surface area (TPSA) is 92.7 Å². The van der Waals surface area contributed by atoms with Crippen molar-refractivity contribution >= 4 is 17.5 Å². The number of hydrogen-bond acceptors (Lipinski definition) is 4. The molecular weight excluding hydrogens is 473 g/mol. The zero-order valence-corrected chi connectivity index (χ0v) is 20.1. The predicted octanol–water partition coefficient (Wildman–Crippen LogP) is 4.94. The van der Waals surface area contributed by atoms with Crippen LogP contribution in [-0.4, -0.2) is 47.6 Å². The van der Waals surface area contributed by atoms with Crippen molar-refractivity contribution in [3.05, 3.63) is 77.1 Å². The molecule has 9 heteroatoms. The third kappa shape index (κ3) is 4.08. The van der Waals surface area contributed by atoms with E-state index in [9.17, 15) is 9.59 Å². The molecular formula is C28H30FN5O3. The summed E-state index contributed by atoms with van der Waals surface area (Å²) < 4.78 is 18.9. The van der Waals surface area contributed by atoms with Gasteiger partial charge in [0.25, 0.3) is 5.91 Å². The molecule has 1 aliphatic heterocycles. The first-order chi connectivity index (χ1) is 17.4. The molecule has 1 saturated carbocycles. The van der Waals surface area contributed by atoms with E-state index in [1.807, 2.05) is 37.1 Å². The van der Waals surface area contributed by atoms with Gasteiger partial charge < -0.3 is 14.6 Å². The van der Waals surface area contributed by atoms with E-state index in [2.05, 4.69) is 14.6 Å². The average Bonchev–Trinajstić information content (AvgIpc) is 3.33. The second-order valence-corrected chi connectivity index (χ2v) is 9.61. The van der Waals surface area contributed by atoms with E-state index < -0.39 is 17.7 Å². The Bertz CT molecular complexity index is 1520. The van der Waals surface area contributed by atoms with Crippen LogP contribution in [0.1, 0.15) is 67.1 Å². The summed E-state index contributed by atoms with van der Waals surface area (Å²) >= 11 is 0. The van der Waals surface area contributed by atoms with Crippen molar-refractivity contribution in [2.75, 3.05) is 6.54 Å². The van der Waals surface area contributed by atoms with E-state index in [-0.39, 0.29) is 25.3 Å². The molecule has 0 saturated heterocycles. The number of carbonyl (C=O) groups is 2. The molecule has 0 unspecified atom stereocenters. The van der Waals surface area contributed by atoms with Crippen molar-refractivity contribution in [2.45, 2.75) is 52.6 Å². The van der Waals surface area contributed by atoms with Gasteiger partial charge in [-0.2, -0.15) is 5.10 Å². The Hall–Kier alpha value is -4.01. The molecule has 1 N–H and O–H groups in total. The van der Waals surface area contributed by atoms with Crippen LogP contribution in [-0.2, 0) is 17.8 Å². The molecule has 2 aliphatic rings. The lowest BCUT2D eigenvalue weighted by Gasteiger charge is -2.34. The SMILES string of the molecule is C.CCc1cc(C(=O)N2CCn3cccc3[C@H]2C)nc2cc(-c3ccc([C@H]4C[C@@H]4C(=O)O)cc3F)nn12. The maximum absolute atomic E-state index is 15.1. The van der Waals surface area contributed by atoms with Crippen LogP contribution in [0, 0.1) is 11.7 Å². The summed E-state index contributed by atoms with van der Waals surface area (Å²) in [6, 6.07) is 12.2. The zero-order valence-electron chi connectivity index (χ0n) is 20.1. The normalized spacial score (nSPS) is 20.4.